The van der Waals surface area contributed by atoms with E-state index in [1.807, 2.05) is 0 Å². The molecule has 1 rings (SSSR count). The van der Waals surface area contributed by atoms with Crippen molar-refractivity contribution in [2.75, 3.05) is 13.7 Å². The largest absolute Gasteiger partial charge is 1.00 e. The molecule has 2 N–H and O–H groups in total. The minimum Gasteiger partial charge on any atom is -0.490 e. The first-order valence-corrected chi connectivity index (χ1v) is 4.54. The smallest absolute Gasteiger partial charge is 0.490 e. The van der Waals surface area contributed by atoms with Gasteiger partial charge in [-0.15, -0.1) is 0 Å². The van der Waals surface area contributed by atoms with Crippen LogP contribution >= 0.6 is 11.6 Å². The zero-order valence-corrected chi connectivity index (χ0v) is 12.6. The number of nitrogens with zero attached hydrogens (tertiary/aromatic N) is 1. The molecule has 1 aliphatic rings. The van der Waals surface area contributed by atoms with Crippen LogP contribution in [0.1, 0.15) is 13.3 Å². The van der Waals surface area contributed by atoms with Crippen molar-refractivity contribution in [1.82, 2.24) is 5.32 Å². The van der Waals surface area contributed by atoms with Crippen molar-refractivity contribution in [2.45, 2.75) is 19.4 Å². The Morgan fingerprint density at radius 2 is 2.43 bits per heavy atom. The van der Waals surface area contributed by atoms with Crippen molar-refractivity contribution in [3.63, 3.8) is 0 Å². The molecule has 0 aliphatic carbocycles. The summed E-state index contributed by atoms with van der Waals surface area (Å²) in [7, 11) is 1.64. The summed E-state index contributed by atoms with van der Waals surface area (Å²) < 4.78 is 5.31. The van der Waals surface area contributed by atoms with Crippen molar-refractivity contribution in [3.05, 3.63) is 16.9 Å². The van der Waals surface area contributed by atoms with Crippen LogP contribution in [0.4, 0.5) is 0 Å². The average molecular weight is 242 g/mol. The number of hydrogen-bond donors (Lipinski definition) is 2. The molecule has 1 aliphatic heterocycles. The fourth-order valence-electron chi connectivity index (χ4n) is 1.11. The molecule has 1 heterocycles. The Bertz CT molecular complexity index is 245. The molecule has 0 amide bonds. The maximum absolute atomic E-state index is 7.23. The molecule has 14 heavy (non-hydrogen) atoms. The Labute approximate surface area is 132 Å². The first-order valence-electron chi connectivity index (χ1n) is 4.16. The van der Waals surface area contributed by atoms with Crippen LogP contribution in [-0.2, 0) is 4.74 Å². The average Bonchev–Trinajstić information content (AvgIpc) is 2.16. The van der Waals surface area contributed by atoms with Gasteiger partial charge in [0.1, 0.15) is 0 Å². The molecule has 6 heteroatoms. The van der Waals surface area contributed by atoms with Crippen LogP contribution in [0.15, 0.2) is 11.6 Å². The molecular formula is C8H13ClKN3O. The van der Waals surface area contributed by atoms with Crippen molar-refractivity contribution in [1.29, 1.82) is 5.41 Å². The fourth-order valence-corrected chi connectivity index (χ4v) is 1.25. The van der Waals surface area contributed by atoms with E-state index in [0.717, 1.165) is 6.42 Å². The van der Waals surface area contributed by atoms with Gasteiger partial charge in [-0.3, -0.25) is 5.41 Å². The summed E-state index contributed by atoms with van der Waals surface area (Å²) in [6.07, 6.45) is 0.960. The van der Waals surface area contributed by atoms with E-state index in [1.165, 1.54) is 0 Å². The molecule has 0 saturated heterocycles. The Morgan fingerprint density at radius 3 is 2.86 bits per heavy atom. The van der Waals surface area contributed by atoms with Gasteiger partial charge in [-0.05, 0) is 11.9 Å². The molecule has 0 radical (unpaired) electrons. The zero-order chi connectivity index (χ0) is 9.84. The monoisotopic (exact) mass is 241 g/mol. The van der Waals surface area contributed by atoms with Crippen molar-refractivity contribution >= 4 is 16.8 Å². The van der Waals surface area contributed by atoms with E-state index in [1.54, 1.807) is 7.05 Å². The Balaban J connectivity index is 0.00000169. The number of ether oxygens (including phenoxy) is 1. The third-order valence-corrected chi connectivity index (χ3v) is 2.07. The summed E-state index contributed by atoms with van der Waals surface area (Å²) in [5.41, 5.74) is 0. The van der Waals surface area contributed by atoms with Crippen LogP contribution in [0.3, 0.4) is 0 Å². The second-order valence-electron chi connectivity index (χ2n) is 2.78. The summed E-state index contributed by atoms with van der Waals surface area (Å²) in [6.45, 7) is 2.60. The van der Waals surface area contributed by atoms with Crippen molar-refractivity contribution in [2.24, 2.45) is 0 Å². The predicted molar refractivity (Wildman–Crippen MR) is 53.1 cm³/mol. The minimum absolute atomic E-state index is 0. The normalized spacial score (nSPS) is 20.4. The van der Waals surface area contributed by atoms with Gasteiger partial charge in [0.15, 0.2) is 10.9 Å². The molecule has 1 unspecified atom stereocenters. The predicted octanol–water partition coefficient (Wildman–Crippen LogP) is -1.22. The van der Waals surface area contributed by atoms with Gasteiger partial charge in [-0.25, -0.2) is 0 Å². The number of nitrogens with one attached hydrogen (secondary N) is 2. The molecule has 1 atom stereocenters. The number of allylic oxidation sites excluding steroid dienone is 1. The third kappa shape index (κ3) is 3.71. The van der Waals surface area contributed by atoms with Gasteiger partial charge >= 0.3 is 51.4 Å². The minimum atomic E-state index is -0.109. The molecule has 74 valence electrons. The van der Waals surface area contributed by atoms with E-state index < -0.39 is 0 Å². The molecule has 0 bridgehead atoms. The van der Waals surface area contributed by atoms with Gasteiger partial charge in [0.2, 0.25) is 0 Å². The second kappa shape index (κ2) is 7.08. The van der Waals surface area contributed by atoms with Crippen LogP contribution in [0.25, 0.3) is 5.32 Å². The van der Waals surface area contributed by atoms with Crippen molar-refractivity contribution in [3.8, 4) is 0 Å². The number of hydrogen-bond acceptors (Lipinski definition) is 3. The number of rotatable bonds is 3. The molecule has 0 spiro atoms. The van der Waals surface area contributed by atoms with Crippen LogP contribution in [0.2, 0.25) is 0 Å². The molecule has 4 nitrogen and oxygen atoms in total. The van der Waals surface area contributed by atoms with Crippen molar-refractivity contribution < 1.29 is 56.1 Å². The molecule has 0 aromatic rings. The van der Waals surface area contributed by atoms with Crippen LogP contribution in [-0.4, -0.2) is 24.9 Å². The van der Waals surface area contributed by atoms with E-state index in [0.29, 0.717) is 18.2 Å². The first-order chi connectivity index (χ1) is 6.19. The SMILES string of the molecule is CCC1COC(C(=N)Cl)=C([N-]C)N1.[K+]. The van der Waals surface area contributed by atoms with E-state index >= 15 is 0 Å². The van der Waals surface area contributed by atoms with Gasteiger partial charge in [0.05, 0.1) is 6.61 Å². The van der Waals surface area contributed by atoms with Gasteiger partial charge in [0, 0.05) is 0 Å². The summed E-state index contributed by atoms with van der Waals surface area (Å²) >= 11 is 5.52. The summed E-state index contributed by atoms with van der Waals surface area (Å²) in [5, 5.41) is 14.2. The topological polar surface area (TPSA) is 59.2 Å². The Hall–Kier alpha value is 0.736. The van der Waals surface area contributed by atoms with Crippen LogP contribution in [0, 0.1) is 5.41 Å². The summed E-state index contributed by atoms with van der Waals surface area (Å²) in [6, 6.07) is 0.262. The molecular weight excluding hydrogens is 229 g/mol. The van der Waals surface area contributed by atoms with Gasteiger partial charge in [-0.2, -0.15) is 0 Å². The number of halogens is 1. The van der Waals surface area contributed by atoms with Gasteiger partial charge in [0.25, 0.3) is 0 Å². The van der Waals surface area contributed by atoms with E-state index in [9.17, 15) is 0 Å². The quantitative estimate of drug-likeness (QED) is 0.481. The maximum atomic E-state index is 7.23. The molecule has 0 saturated carbocycles. The van der Waals surface area contributed by atoms with E-state index in [4.69, 9.17) is 21.7 Å². The fraction of sp³-hybridized carbons (Fsp3) is 0.625. The Morgan fingerprint density at radius 1 is 1.79 bits per heavy atom. The standard InChI is InChI=1S/C8H13ClN3O.K/c1-3-5-4-13-6(7(9)10)8(11-2)12-5;/h5,10,12H,3-4H2,1-2H3;/q-1;+1. The maximum Gasteiger partial charge on any atom is 1.00 e. The van der Waals surface area contributed by atoms with Gasteiger partial charge in [-0.1, -0.05) is 32.0 Å². The van der Waals surface area contributed by atoms with Gasteiger partial charge < -0.3 is 15.4 Å². The van der Waals surface area contributed by atoms with E-state index in [-0.39, 0.29) is 62.6 Å². The third-order valence-electron chi connectivity index (χ3n) is 1.90. The summed E-state index contributed by atoms with van der Waals surface area (Å²) in [4.78, 5) is 0. The molecule has 0 fully saturated rings. The summed E-state index contributed by atoms with van der Waals surface area (Å²) in [5.74, 6) is 0.909. The zero-order valence-electron chi connectivity index (χ0n) is 8.72. The van der Waals surface area contributed by atoms with E-state index in [2.05, 4.69) is 17.6 Å². The van der Waals surface area contributed by atoms with Crippen LogP contribution in [0.5, 0.6) is 0 Å². The Kier molecular flexibility index (Phi) is 7.46. The molecule has 0 aromatic carbocycles. The second-order valence-corrected chi connectivity index (χ2v) is 3.15. The first kappa shape index (κ1) is 14.7. The molecule has 0 aromatic heterocycles. The van der Waals surface area contributed by atoms with Crippen LogP contribution < -0.4 is 56.7 Å².